The van der Waals surface area contributed by atoms with E-state index in [9.17, 15) is 9.59 Å². The SMILES string of the molecule is C[C@@H]1CC=CC[C@H]1NC(=O)C1C[C@H]2CC(=O)[C@@H]1C2. The first-order valence-corrected chi connectivity index (χ1v) is 7.13. The highest BCUT2D eigenvalue weighted by molar-refractivity contribution is 5.92. The minimum Gasteiger partial charge on any atom is -0.353 e. The molecule has 18 heavy (non-hydrogen) atoms. The summed E-state index contributed by atoms with van der Waals surface area (Å²) in [4.78, 5) is 24.0. The van der Waals surface area contributed by atoms with Gasteiger partial charge in [0.15, 0.2) is 0 Å². The second-order valence-corrected chi connectivity index (χ2v) is 6.26. The number of rotatable bonds is 2. The molecule has 0 radical (unpaired) electrons. The van der Waals surface area contributed by atoms with Crippen LogP contribution in [0.1, 0.15) is 39.0 Å². The summed E-state index contributed by atoms with van der Waals surface area (Å²) in [5.74, 6) is 1.44. The molecule has 3 rings (SSSR count). The van der Waals surface area contributed by atoms with E-state index in [-0.39, 0.29) is 23.8 Å². The molecule has 2 bridgehead atoms. The fourth-order valence-electron chi connectivity index (χ4n) is 3.83. The van der Waals surface area contributed by atoms with Gasteiger partial charge in [0.05, 0.1) is 0 Å². The smallest absolute Gasteiger partial charge is 0.224 e. The summed E-state index contributed by atoms with van der Waals surface area (Å²) in [5, 5.41) is 3.17. The van der Waals surface area contributed by atoms with Crippen molar-refractivity contribution in [2.75, 3.05) is 0 Å². The molecule has 0 spiro atoms. The van der Waals surface area contributed by atoms with Gasteiger partial charge in [-0.2, -0.15) is 0 Å². The maximum absolute atomic E-state index is 12.3. The van der Waals surface area contributed by atoms with E-state index in [2.05, 4.69) is 24.4 Å². The van der Waals surface area contributed by atoms with E-state index < -0.39 is 0 Å². The second kappa shape index (κ2) is 4.52. The third kappa shape index (κ3) is 2.00. The third-order valence-electron chi connectivity index (χ3n) is 4.98. The van der Waals surface area contributed by atoms with E-state index in [0.717, 1.165) is 32.1 Å². The molecular formula is C15H21NO2. The Labute approximate surface area is 108 Å². The summed E-state index contributed by atoms with van der Waals surface area (Å²) in [6.07, 6.45) is 8.92. The molecule has 3 heteroatoms. The van der Waals surface area contributed by atoms with Crippen molar-refractivity contribution in [3.05, 3.63) is 12.2 Å². The van der Waals surface area contributed by atoms with Crippen LogP contribution in [-0.4, -0.2) is 17.7 Å². The average molecular weight is 247 g/mol. The van der Waals surface area contributed by atoms with Crippen LogP contribution in [-0.2, 0) is 9.59 Å². The van der Waals surface area contributed by atoms with Crippen molar-refractivity contribution in [2.24, 2.45) is 23.7 Å². The molecular weight excluding hydrogens is 226 g/mol. The predicted octanol–water partition coefficient (Wildman–Crippen LogP) is 2.07. The summed E-state index contributed by atoms with van der Waals surface area (Å²) in [6, 6.07) is 0.261. The second-order valence-electron chi connectivity index (χ2n) is 6.26. The number of fused-ring (bicyclic) bond motifs is 2. The van der Waals surface area contributed by atoms with Crippen LogP contribution in [0.25, 0.3) is 0 Å². The van der Waals surface area contributed by atoms with Gasteiger partial charge in [-0.05, 0) is 37.5 Å². The summed E-state index contributed by atoms with van der Waals surface area (Å²) >= 11 is 0. The molecule has 3 nitrogen and oxygen atoms in total. The largest absolute Gasteiger partial charge is 0.353 e. The maximum atomic E-state index is 12.3. The zero-order valence-corrected chi connectivity index (χ0v) is 10.9. The van der Waals surface area contributed by atoms with Crippen molar-refractivity contribution < 1.29 is 9.59 Å². The Morgan fingerprint density at radius 1 is 1.28 bits per heavy atom. The summed E-state index contributed by atoms with van der Waals surface area (Å²) in [5.41, 5.74) is 0. The quantitative estimate of drug-likeness (QED) is 0.759. The zero-order valence-electron chi connectivity index (χ0n) is 10.9. The molecule has 98 valence electrons. The normalized spacial score (nSPS) is 42.3. The van der Waals surface area contributed by atoms with Crippen LogP contribution in [0.2, 0.25) is 0 Å². The molecule has 1 unspecified atom stereocenters. The number of ketones is 1. The van der Waals surface area contributed by atoms with Gasteiger partial charge >= 0.3 is 0 Å². The van der Waals surface area contributed by atoms with Gasteiger partial charge in [-0.3, -0.25) is 9.59 Å². The van der Waals surface area contributed by atoms with E-state index in [4.69, 9.17) is 0 Å². The van der Waals surface area contributed by atoms with Gasteiger partial charge in [0.1, 0.15) is 5.78 Å². The first kappa shape index (κ1) is 11.9. The molecule has 0 aromatic carbocycles. The fraction of sp³-hybridized carbons (Fsp3) is 0.733. The van der Waals surface area contributed by atoms with Gasteiger partial charge in [-0.15, -0.1) is 0 Å². The molecule has 0 aromatic heterocycles. The third-order valence-corrected chi connectivity index (χ3v) is 4.98. The van der Waals surface area contributed by atoms with Crippen molar-refractivity contribution in [1.29, 1.82) is 0 Å². The number of amides is 1. The van der Waals surface area contributed by atoms with Crippen LogP contribution in [0.5, 0.6) is 0 Å². The highest BCUT2D eigenvalue weighted by Gasteiger charge is 2.48. The van der Waals surface area contributed by atoms with Crippen LogP contribution < -0.4 is 5.32 Å². The lowest BCUT2D eigenvalue weighted by Gasteiger charge is -2.29. The minimum absolute atomic E-state index is 0.0319. The van der Waals surface area contributed by atoms with E-state index >= 15 is 0 Å². The van der Waals surface area contributed by atoms with Crippen molar-refractivity contribution >= 4 is 11.7 Å². The standard InChI is InChI=1S/C15H21NO2/c1-9-4-2-3-5-13(9)16-15(18)12-7-10-6-11(12)14(17)8-10/h2-3,9-13H,4-8H2,1H3,(H,16,18)/t9-,10+,11-,12?,13-/m1/s1. The van der Waals surface area contributed by atoms with Crippen molar-refractivity contribution in [2.45, 2.75) is 45.1 Å². The Morgan fingerprint density at radius 3 is 2.72 bits per heavy atom. The van der Waals surface area contributed by atoms with Gasteiger partial charge < -0.3 is 5.32 Å². The van der Waals surface area contributed by atoms with Crippen LogP contribution in [0.15, 0.2) is 12.2 Å². The number of carbonyl (C=O) groups excluding carboxylic acids is 2. The monoisotopic (exact) mass is 247 g/mol. The lowest BCUT2D eigenvalue weighted by atomic mass is 9.85. The highest BCUT2D eigenvalue weighted by atomic mass is 16.2. The average Bonchev–Trinajstić information content (AvgIpc) is 2.90. The number of Topliss-reactive ketones (excluding diaryl/α,β-unsaturated/α-hetero) is 1. The molecule has 0 heterocycles. The van der Waals surface area contributed by atoms with Crippen molar-refractivity contribution in [3.63, 3.8) is 0 Å². The van der Waals surface area contributed by atoms with E-state index in [1.165, 1.54) is 0 Å². The first-order valence-electron chi connectivity index (χ1n) is 7.13. The van der Waals surface area contributed by atoms with Crippen molar-refractivity contribution in [1.82, 2.24) is 5.32 Å². The molecule has 2 saturated carbocycles. The van der Waals surface area contributed by atoms with Crippen LogP contribution in [0, 0.1) is 23.7 Å². The molecule has 3 aliphatic carbocycles. The van der Waals surface area contributed by atoms with E-state index in [1.54, 1.807) is 0 Å². The van der Waals surface area contributed by atoms with E-state index in [1.807, 2.05) is 0 Å². The number of nitrogens with one attached hydrogen (secondary N) is 1. The molecule has 3 aliphatic rings. The summed E-state index contributed by atoms with van der Waals surface area (Å²) in [6.45, 7) is 2.18. The highest BCUT2D eigenvalue weighted by Crippen LogP contribution is 2.46. The maximum Gasteiger partial charge on any atom is 0.224 e. The lowest BCUT2D eigenvalue weighted by Crippen LogP contribution is -2.45. The molecule has 2 fully saturated rings. The van der Waals surface area contributed by atoms with Gasteiger partial charge in [-0.1, -0.05) is 19.1 Å². The van der Waals surface area contributed by atoms with Crippen LogP contribution >= 0.6 is 0 Å². The fourth-order valence-corrected chi connectivity index (χ4v) is 3.83. The number of carbonyl (C=O) groups is 2. The van der Waals surface area contributed by atoms with E-state index in [0.29, 0.717) is 17.6 Å². The van der Waals surface area contributed by atoms with Gasteiger partial charge in [-0.25, -0.2) is 0 Å². The molecule has 0 saturated heterocycles. The summed E-state index contributed by atoms with van der Waals surface area (Å²) < 4.78 is 0. The Bertz CT molecular complexity index is 401. The summed E-state index contributed by atoms with van der Waals surface area (Å²) in [7, 11) is 0. The van der Waals surface area contributed by atoms with Gasteiger partial charge in [0.2, 0.25) is 5.91 Å². The molecule has 1 N–H and O–H groups in total. The molecule has 1 amide bonds. The predicted molar refractivity (Wildman–Crippen MR) is 68.8 cm³/mol. The minimum atomic E-state index is -0.0330. The van der Waals surface area contributed by atoms with Crippen LogP contribution in [0.3, 0.4) is 0 Å². The number of hydrogen-bond acceptors (Lipinski definition) is 2. The number of hydrogen-bond donors (Lipinski definition) is 1. The zero-order chi connectivity index (χ0) is 12.7. The first-order chi connectivity index (χ1) is 8.65. The van der Waals surface area contributed by atoms with Gasteiger partial charge in [0, 0.05) is 24.3 Å². The Hall–Kier alpha value is -1.12. The number of allylic oxidation sites excluding steroid dienone is 1. The van der Waals surface area contributed by atoms with Crippen LogP contribution in [0.4, 0.5) is 0 Å². The van der Waals surface area contributed by atoms with Crippen molar-refractivity contribution in [3.8, 4) is 0 Å². The Kier molecular flexibility index (Phi) is 3.00. The molecule has 5 atom stereocenters. The Balaban J connectivity index is 1.62. The van der Waals surface area contributed by atoms with Gasteiger partial charge in [0.25, 0.3) is 0 Å². The Morgan fingerprint density at radius 2 is 2.06 bits per heavy atom. The molecule has 0 aliphatic heterocycles. The molecule has 0 aromatic rings. The lowest BCUT2D eigenvalue weighted by molar-refractivity contribution is -0.133. The topological polar surface area (TPSA) is 46.2 Å².